The van der Waals surface area contributed by atoms with Gasteiger partial charge in [0.1, 0.15) is 18.2 Å². The standard InChI is InChI=1S/C18H16BrFO3/c1-2-22-18(21)10-8-13-7-9-17(15(19)11-13)23-12-14-5-3-4-6-16(14)20/h3-11H,2,12H2,1H3/b10-8+. The van der Waals surface area contributed by atoms with Crippen molar-refractivity contribution >= 4 is 28.0 Å². The predicted octanol–water partition coefficient (Wildman–Crippen LogP) is 4.74. The Morgan fingerprint density at radius 1 is 1.26 bits per heavy atom. The lowest BCUT2D eigenvalue weighted by Crippen LogP contribution is -1.99. The highest BCUT2D eigenvalue weighted by molar-refractivity contribution is 9.10. The van der Waals surface area contributed by atoms with Crippen LogP contribution in [0.15, 0.2) is 53.0 Å². The van der Waals surface area contributed by atoms with Crippen molar-refractivity contribution in [3.8, 4) is 5.75 Å². The molecular weight excluding hydrogens is 363 g/mol. The summed E-state index contributed by atoms with van der Waals surface area (Å²) >= 11 is 3.41. The fourth-order valence-electron chi connectivity index (χ4n) is 1.86. The monoisotopic (exact) mass is 378 g/mol. The molecule has 0 heterocycles. The van der Waals surface area contributed by atoms with Gasteiger partial charge < -0.3 is 9.47 Å². The third-order valence-electron chi connectivity index (χ3n) is 3.00. The molecule has 0 aliphatic rings. The van der Waals surface area contributed by atoms with E-state index in [-0.39, 0.29) is 18.4 Å². The Labute approximate surface area is 142 Å². The lowest BCUT2D eigenvalue weighted by Gasteiger charge is -2.09. The molecule has 0 saturated heterocycles. The van der Waals surface area contributed by atoms with E-state index < -0.39 is 0 Å². The minimum absolute atomic E-state index is 0.142. The van der Waals surface area contributed by atoms with Gasteiger partial charge in [0.25, 0.3) is 0 Å². The lowest BCUT2D eigenvalue weighted by molar-refractivity contribution is -0.137. The van der Waals surface area contributed by atoms with E-state index in [0.717, 1.165) is 10.0 Å². The van der Waals surface area contributed by atoms with Gasteiger partial charge >= 0.3 is 5.97 Å². The lowest BCUT2D eigenvalue weighted by atomic mass is 10.2. The van der Waals surface area contributed by atoms with E-state index in [0.29, 0.717) is 17.9 Å². The van der Waals surface area contributed by atoms with E-state index in [1.54, 1.807) is 43.3 Å². The summed E-state index contributed by atoms with van der Waals surface area (Å²) < 4.78 is 24.7. The van der Waals surface area contributed by atoms with E-state index in [1.165, 1.54) is 12.1 Å². The molecule has 0 radical (unpaired) electrons. The molecule has 0 saturated carbocycles. The Morgan fingerprint density at radius 3 is 2.74 bits per heavy atom. The van der Waals surface area contributed by atoms with Crippen molar-refractivity contribution in [2.75, 3.05) is 6.61 Å². The number of benzene rings is 2. The third kappa shape index (κ3) is 5.21. The molecule has 0 atom stereocenters. The summed E-state index contributed by atoms with van der Waals surface area (Å²) in [5.74, 6) is -0.0809. The molecule has 0 aromatic heterocycles. The molecule has 0 spiro atoms. The first-order valence-electron chi connectivity index (χ1n) is 7.10. The van der Waals surface area contributed by atoms with E-state index in [9.17, 15) is 9.18 Å². The second kappa shape index (κ2) is 8.48. The zero-order chi connectivity index (χ0) is 16.7. The second-order valence-electron chi connectivity index (χ2n) is 4.66. The molecule has 0 N–H and O–H groups in total. The summed E-state index contributed by atoms with van der Waals surface area (Å²) in [4.78, 5) is 11.3. The molecule has 120 valence electrons. The maximum Gasteiger partial charge on any atom is 0.330 e. The summed E-state index contributed by atoms with van der Waals surface area (Å²) in [6.45, 7) is 2.24. The normalized spacial score (nSPS) is 10.7. The Balaban J connectivity index is 2.02. The zero-order valence-corrected chi connectivity index (χ0v) is 14.2. The van der Waals surface area contributed by atoms with Gasteiger partial charge in [0.15, 0.2) is 0 Å². The van der Waals surface area contributed by atoms with Crippen LogP contribution in [0.1, 0.15) is 18.1 Å². The number of hydrogen-bond donors (Lipinski definition) is 0. The van der Waals surface area contributed by atoms with E-state index in [4.69, 9.17) is 9.47 Å². The van der Waals surface area contributed by atoms with Crippen LogP contribution < -0.4 is 4.74 Å². The maximum absolute atomic E-state index is 13.6. The molecule has 2 rings (SSSR count). The molecule has 0 aliphatic carbocycles. The predicted molar refractivity (Wildman–Crippen MR) is 90.5 cm³/mol. The number of carbonyl (C=O) groups excluding carboxylic acids is 1. The first-order valence-corrected chi connectivity index (χ1v) is 7.90. The number of halogens is 2. The van der Waals surface area contributed by atoms with Gasteiger partial charge in [-0.2, -0.15) is 0 Å². The van der Waals surface area contributed by atoms with E-state index >= 15 is 0 Å². The molecule has 5 heteroatoms. The Hall–Kier alpha value is -2.14. The van der Waals surface area contributed by atoms with Gasteiger partial charge in [-0.1, -0.05) is 24.3 Å². The molecule has 0 unspecified atom stereocenters. The number of ether oxygens (including phenoxy) is 2. The molecule has 2 aromatic rings. The molecule has 0 aliphatic heterocycles. The summed E-state index contributed by atoms with van der Waals surface area (Å²) in [6.07, 6.45) is 3.02. The highest BCUT2D eigenvalue weighted by Gasteiger charge is 2.05. The highest BCUT2D eigenvalue weighted by atomic mass is 79.9. The molecule has 2 aromatic carbocycles. The summed E-state index contributed by atoms with van der Waals surface area (Å²) in [5, 5.41) is 0. The van der Waals surface area contributed by atoms with Crippen molar-refractivity contribution in [3.05, 3.63) is 70.0 Å². The van der Waals surface area contributed by atoms with Gasteiger partial charge in [-0.15, -0.1) is 0 Å². The molecule has 3 nitrogen and oxygen atoms in total. The number of esters is 1. The fourth-order valence-corrected chi connectivity index (χ4v) is 2.37. The Bertz CT molecular complexity index is 713. The fraction of sp³-hybridized carbons (Fsp3) is 0.167. The largest absolute Gasteiger partial charge is 0.488 e. The topological polar surface area (TPSA) is 35.5 Å². The Kier molecular flexibility index (Phi) is 6.35. The SMILES string of the molecule is CCOC(=O)/C=C/c1ccc(OCc2ccccc2F)c(Br)c1. The average Bonchev–Trinajstić information content (AvgIpc) is 2.54. The Morgan fingerprint density at radius 2 is 2.04 bits per heavy atom. The first-order chi connectivity index (χ1) is 11.1. The summed E-state index contributed by atoms with van der Waals surface area (Å²) in [5.41, 5.74) is 1.31. The van der Waals surface area contributed by atoms with E-state index in [1.807, 2.05) is 6.07 Å². The van der Waals surface area contributed by atoms with Gasteiger partial charge in [-0.05, 0) is 52.7 Å². The van der Waals surface area contributed by atoms with Gasteiger partial charge in [-0.25, -0.2) is 9.18 Å². The third-order valence-corrected chi connectivity index (χ3v) is 3.62. The zero-order valence-electron chi connectivity index (χ0n) is 12.6. The quantitative estimate of drug-likeness (QED) is 0.537. The van der Waals surface area contributed by atoms with Gasteiger partial charge in [0.05, 0.1) is 11.1 Å². The van der Waals surface area contributed by atoms with Crippen LogP contribution in [-0.2, 0) is 16.1 Å². The van der Waals surface area contributed by atoms with Crippen molar-refractivity contribution < 1.29 is 18.7 Å². The van der Waals surface area contributed by atoms with Crippen LogP contribution in [0.3, 0.4) is 0 Å². The van der Waals surface area contributed by atoms with Gasteiger partial charge in [-0.3, -0.25) is 0 Å². The number of carbonyl (C=O) groups is 1. The highest BCUT2D eigenvalue weighted by Crippen LogP contribution is 2.27. The van der Waals surface area contributed by atoms with Crippen LogP contribution in [0.25, 0.3) is 6.08 Å². The van der Waals surface area contributed by atoms with Crippen LogP contribution in [0.4, 0.5) is 4.39 Å². The first kappa shape index (κ1) is 17.2. The molecule has 0 fully saturated rings. The smallest absolute Gasteiger partial charge is 0.330 e. The van der Waals surface area contributed by atoms with Crippen molar-refractivity contribution in [3.63, 3.8) is 0 Å². The van der Waals surface area contributed by atoms with Crippen molar-refractivity contribution in [2.45, 2.75) is 13.5 Å². The van der Waals surface area contributed by atoms with Crippen LogP contribution in [-0.4, -0.2) is 12.6 Å². The van der Waals surface area contributed by atoms with Crippen LogP contribution in [0.5, 0.6) is 5.75 Å². The van der Waals surface area contributed by atoms with Gasteiger partial charge in [0.2, 0.25) is 0 Å². The van der Waals surface area contributed by atoms with Crippen molar-refractivity contribution in [2.24, 2.45) is 0 Å². The number of hydrogen-bond acceptors (Lipinski definition) is 3. The molecule has 0 amide bonds. The van der Waals surface area contributed by atoms with Crippen molar-refractivity contribution in [1.82, 2.24) is 0 Å². The van der Waals surface area contributed by atoms with E-state index in [2.05, 4.69) is 15.9 Å². The maximum atomic E-state index is 13.6. The second-order valence-corrected chi connectivity index (χ2v) is 5.51. The average molecular weight is 379 g/mol. The minimum atomic E-state index is -0.386. The molecular formula is C18H16BrFO3. The summed E-state index contributed by atoms with van der Waals surface area (Å²) in [6, 6.07) is 11.9. The number of rotatable bonds is 6. The van der Waals surface area contributed by atoms with Gasteiger partial charge in [0, 0.05) is 11.6 Å². The summed E-state index contributed by atoms with van der Waals surface area (Å²) in [7, 11) is 0. The van der Waals surface area contributed by atoms with Crippen LogP contribution >= 0.6 is 15.9 Å². The molecule has 23 heavy (non-hydrogen) atoms. The van der Waals surface area contributed by atoms with Crippen LogP contribution in [0.2, 0.25) is 0 Å². The van der Waals surface area contributed by atoms with Crippen molar-refractivity contribution in [1.29, 1.82) is 0 Å². The van der Waals surface area contributed by atoms with Crippen LogP contribution in [0, 0.1) is 5.82 Å². The molecule has 0 bridgehead atoms. The minimum Gasteiger partial charge on any atom is -0.488 e.